The van der Waals surface area contributed by atoms with Gasteiger partial charge in [-0.25, -0.2) is 4.99 Å². The topological polar surface area (TPSA) is 115 Å². The molecule has 2 N–H and O–H groups in total. The number of H-pyrrole nitrogens is 1. The number of aromatic nitrogens is 6. The fourth-order valence-electron chi connectivity index (χ4n) is 4.59. The molecule has 0 radical (unpaired) electrons. The predicted octanol–water partition coefficient (Wildman–Crippen LogP) is 5.54. The number of hydrogen-bond donors (Lipinski definition) is 2. The van der Waals surface area contributed by atoms with Crippen LogP contribution in [0.15, 0.2) is 89.2 Å². The van der Waals surface area contributed by atoms with Gasteiger partial charge >= 0.3 is 0 Å². The molecule has 6 rings (SSSR count). The molecular weight excluding hydrogens is 536 g/mol. The van der Waals surface area contributed by atoms with Crippen molar-refractivity contribution in [3.8, 4) is 16.2 Å². The van der Waals surface area contributed by atoms with Crippen LogP contribution in [0.5, 0.6) is 5.75 Å². The van der Waals surface area contributed by atoms with Crippen molar-refractivity contribution in [2.45, 2.75) is 19.9 Å². The number of thiophene rings is 1. The first-order valence-corrected chi connectivity index (χ1v) is 14.1. The van der Waals surface area contributed by atoms with Gasteiger partial charge in [-0.1, -0.05) is 42.4 Å². The standard InChI is InChI=1S/C30H28N8O2S/c1-3-16-40-24-14-15-25-26(18-24)37(2)30(31-23-12-10-21(11-13-23)27-5-4-17-41-27)38(25)19-20-6-8-22(9-7-20)28(39)32-29-33-35-36-34-29/h4-15,17-18H,3,16,19H2,1-2H3,(H2,32,33,34,35,36,39). The van der Waals surface area contributed by atoms with Crippen molar-refractivity contribution in [2.75, 3.05) is 11.9 Å². The Hall–Kier alpha value is -5.03. The summed E-state index contributed by atoms with van der Waals surface area (Å²) >= 11 is 1.72. The van der Waals surface area contributed by atoms with Gasteiger partial charge in [0.05, 0.1) is 29.9 Å². The Morgan fingerprint density at radius 2 is 1.88 bits per heavy atom. The number of nitrogens with zero attached hydrogens (tertiary/aromatic N) is 6. The molecule has 10 nitrogen and oxygen atoms in total. The van der Waals surface area contributed by atoms with Crippen molar-refractivity contribution in [1.29, 1.82) is 0 Å². The molecule has 0 saturated carbocycles. The van der Waals surface area contributed by atoms with Crippen LogP contribution in [0, 0.1) is 0 Å². The van der Waals surface area contributed by atoms with Crippen molar-refractivity contribution in [1.82, 2.24) is 29.8 Å². The van der Waals surface area contributed by atoms with Crippen molar-refractivity contribution < 1.29 is 9.53 Å². The number of fused-ring (bicyclic) bond motifs is 1. The number of carbonyl (C=O) groups is 1. The molecule has 41 heavy (non-hydrogen) atoms. The highest BCUT2D eigenvalue weighted by molar-refractivity contribution is 7.13. The molecule has 3 aromatic heterocycles. The van der Waals surface area contributed by atoms with Gasteiger partial charge in [0.15, 0.2) is 0 Å². The van der Waals surface area contributed by atoms with E-state index in [9.17, 15) is 4.79 Å². The highest BCUT2D eigenvalue weighted by atomic mass is 32.1. The number of ether oxygens (including phenoxy) is 1. The summed E-state index contributed by atoms with van der Waals surface area (Å²) in [5, 5.41) is 18.0. The highest BCUT2D eigenvalue weighted by Crippen LogP contribution is 2.27. The van der Waals surface area contributed by atoms with Gasteiger partial charge in [0, 0.05) is 23.6 Å². The molecule has 0 aliphatic heterocycles. The van der Waals surface area contributed by atoms with E-state index in [1.165, 1.54) is 10.4 Å². The lowest BCUT2D eigenvalue weighted by Crippen LogP contribution is -2.24. The van der Waals surface area contributed by atoms with E-state index in [0.717, 1.165) is 40.1 Å². The number of tetrazole rings is 1. The third kappa shape index (κ3) is 5.66. The SMILES string of the molecule is CCCOc1ccc2c(c1)n(C)c(=Nc1ccc(-c3cccs3)cc1)n2Cc1ccc(C(=O)Nc2nn[nH]n2)cc1. The van der Waals surface area contributed by atoms with Gasteiger partial charge in [-0.05, 0) is 70.6 Å². The summed E-state index contributed by atoms with van der Waals surface area (Å²) in [5.74, 6) is 0.648. The summed E-state index contributed by atoms with van der Waals surface area (Å²) in [6.07, 6.45) is 0.941. The summed E-state index contributed by atoms with van der Waals surface area (Å²) in [6, 6.07) is 26.1. The zero-order valence-corrected chi connectivity index (χ0v) is 23.4. The Morgan fingerprint density at radius 3 is 2.59 bits per heavy atom. The molecule has 0 saturated heterocycles. The number of aryl methyl sites for hydroxylation is 1. The lowest BCUT2D eigenvalue weighted by molar-refractivity contribution is 0.102. The van der Waals surface area contributed by atoms with Crippen molar-refractivity contribution in [3.05, 3.63) is 101 Å². The minimum atomic E-state index is -0.308. The number of rotatable bonds is 9. The second-order valence-corrected chi connectivity index (χ2v) is 10.4. The van der Waals surface area contributed by atoms with Crippen LogP contribution < -0.4 is 15.7 Å². The quantitative estimate of drug-likeness (QED) is 0.239. The minimum Gasteiger partial charge on any atom is -0.494 e. The molecular formula is C30H28N8O2S. The number of amides is 1. The molecule has 1 amide bonds. The Labute approximate surface area is 240 Å². The molecule has 0 spiro atoms. The van der Waals surface area contributed by atoms with E-state index in [1.807, 2.05) is 37.4 Å². The Bertz CT molecular complexity index is 1840. The van der Waals surface area contributed by atoms with Crippen LogP contribution in [0.4, 0.5) is 11.6 Å². The van der Waals surface area contributed by atoms with E-state index >= 15 is 0 Å². The molecule has 0 aliphatic rings. The molecule has 0 atom stereocenters. The number of imidazole rings is 1. The summed E-state index contributed by atoms with van der Waals surface area (Å²) in [6.45, 7) is 3.32. The summed E-state index contributed by atoms with van der Waals surface area (Å²) in [4.78, 5) is 18.9. The molecule has 0 unspecified atom stereocenters. The van der Waals surface area contributed by atoms with E-state index in [0.29, 0.717) is 18.7 Å². The zero-order valence-electron chi connectivity index (χ0n) is 22.6. The fraction of sp³-hybridized carbons (Fsp3) is 0.167. The van der Waals surface area contributed by atoms with Gasteiger partial charge in [0.1, 0.15) is 5.75 Å². The van der Waals surface area contributed by atoms with E-state index < -0.39 is 0 Å². The van der Waals surface area contributed by atoms with Gasteiger partial charge in [-0.2, -0.15) is 5.21 Å². The smallest absolute Gasteiger partial charge is 0.270 e. The normalized spacial score (nSPS) is 11.7. The van der Waals surface area contributed by atoms with Crippen LogP contribution in [-0.4, -0.2) is 42.3 Å². The Kier molecular flexibility index (Phi) is 7.42. The summed E-state index contributed by atoms with van der Waals surface area (Å²) in [5.41, 5.74) is 6.40. The third-order valence-electron chi connectivity index (χ3n) is 6.64. The number of carbonyl (C=O) groups excluding carboxylic acids is 1. The average molecular weight is 565 g/mol. The van der Waals surface area contributed by atoms with Gasteiger partial charge in [-0.15, -0.1) is 16.4 Å². The molecule has 206 valence electrons. The molecule has 0 bridgehead atoms. The molecule has 6 aromatic rings. The largest absolute Gasteiger partial charge is 0.494 e. The molecule has 0 aliphatic carbocycles. The lowest BCUT2D eigenvalue weighted by Gasteiger charge is -2.08. The van der Waals surface area contributed by atoms with Gasteiger partial charge < -0.3 is 13.9 Å². The monoisotopic (exact) mass is 564 g/mol. The van der Waals surface area contributed by atoms with Crippen molar-refractivity contribution in [3.63, 3.8) is 0 Å². The molecule has 3 aromatic carbocycles. The van der Waals surface area contributed by atoms with Gasteiger partial charge in [0.2, 0.25) is 5.62 Å². The maximum absolute atomic E-state index is 12.6. The first-order chi connectivity index (χ1) is 20.1. The number of aromatic amines is 1. The fourth-order valence-corrected chi connectivity index (χ4v) is 5.32. The maximum atomic E-state index is 12.6. The molecule has 11 heteroatoms. The Morgan fingerprint density at radius 1 is 1.05 bits per heavy atom. The van der Waals surface area contributed by atoms with Crippen LogP contribution >= 0.6 is 11.3 Å². The lowest BCUT2D eigenvalue weighted by atomic mass is 10.1. The van der Waals surface area contributed by atoms with E-state index in [4.69, 9.17) is 9.73 Å². The maximum Gasteiger partial charge on any atom is 0.270 e. The number of hydrogen-bond acceptors (Lipinski definition) is 7. The van der Waals surface area contributed by atoms with Crippen LogP contribution in [0.1, 0.15) is 29.3 Å². The molecule has 0 fully saturated rings. The van der Waals surface area contributed by atoms with E-state index in [-0.39, 0.29) is 11.9 Å². The first-order valence-electron chi connectivity index (χ1n) is 13.2. The summed E-state index contributed by atoms with van der Waals surface area (Å²) < 4.78 is 10.2. The third-order valence-corrected chi connectivity index (χ3v) is 7.56. The predicted molar refractivity (Wildman–Crippen MR) is 159 cm³/mol. The van der Waals surface area contributed by atoms with Crippen molar-refractivity contribution in [2.24, 2.45) is 12.0 Å². The van der Waals surface area contributed by atoms with Gasteiger partial charge in [-0.3, -0.25) is 10.1 Å². The van der Waals surface area contributed by atoms with E-state index in [1.54, 1.807) is 23.5 Å². The second kappa shape index (κ2) is 11.6. The van der Waals surface area contributed by atoms with Gasteiger partial charge in [0.25, 0.3) is 11.9 Å². The average Bonchev–Trinajstić information content (AvgIpc) is 3.77. The van der Waals surface area contributed by atoms with Crippen LogP contribution in [0.3, 0.4) is 0 Å². The number of nitrogens with one attached hydrogen (secondary N) is 2. The van der Waals surface area contributed by atoms with Crippen LogP contribution in [0.2, 0.25) is 0 Å². The van der Waals surface area contributed by atoms with Crippen molar-refractivity contribution >= 4 is 39.9 Å². The Balaban J connectivity index is 1.36. The minimum absolute atomic E-state index is 0.127. The summed E-state index contributed by atoms with van der Waals surface area (Å²) in [7, 11) is 2.02. The number of anilines is 1. The van der Waals surface area contributed by atoms with E-state index in [2.05, 4.69) is 83.8 Å². The second-order valence-electron chi connectivity index (χ2n) is 9.47. The molecule has 3 heterocycles. The zero-order chi connectivity index (χ0) is 28.2. The van der Waals surface area contributed by atoms with Crippen LogP contribution in [-0.2, 0) is 13.6 Å². The van der Waals surface area contributed by atoms with Crippen LogP contribution in [0.25, 0.3) is 21.5 Å². The highest BCUT2D eigenvalue weighted by Gasteiger charge is 2.13. The first kappa shape index (κ1) is 26.2. The number of benzene rings is 3.